The van der Waals surface area contributed by atoms with Crippen LogP contribution in [-0.4, -0.2) is 27.4 Å². The Morgan fingerprint density at radius 3 is 0.554 bits per heavy atom. The Morgan fingerprint density at radius 2 is 0.338 bits per heavy atom. The third-order valence-electron chi connectivity index (χ3n) is 27.8. The molecular weight excluding hydrogens is 1580 g/mol. The van der Waals surface area contributed by atoms with Crippen molar-refractivity contribution < 1.29 is 0 Å². The molecule has 21 rings (SSSR count). The van der Waals surface area contributed by atoms with Crippen molar-refractivity contribution in [3.63, 3.8) is 0 Å². The summed E-state index contributed by atoms with van der Waals surface area (Å²) >= 11 is 0. The minimum atomic E-state index is 0.514. The van der Waals surface area contributed by atoms with Gasteiger partial charge < -0.3 is 32.3 Å². The second kappa shape index (κ2) is 35.1. The van der Waals surface area contributed by atoms with Crippen molar-refractivity contribution in [3.05, 3.63) is 343 Å². The van der Waals surface area contributed by atoms with Crippen LogP contribution in [0.15, 0.2) is 309 Å². The summed E-state index contributed by atoms with van der Waals surface area (Å²) in [5.74, 6) is 3.19. The zero-order valence-electron chi connectivity index (χ0n) is 78.1. The van der Waals surface area contributed by atoms with Crippen molar-refractivity contribution >= 4 is 148 Å². The van der Waals surface area contributed by atoms with Gasteiger partial charge in [0, 0.05) is 187 Å². The Balaban J connectivity index is 0.542. The Bertz CT molecular complexity index is 7090. The Kier molecular flexibility index (Phi) is 22.6. The highest BCUT2D eigenvalue weighted by atomic mass is 15.1. The highest BCUT2D eigenvalue weighted by Gasteiger charge is 2.24. The van der Waals surface area contributed by atoms with E-state index in [1.54, 1.807) is 0 Å². The van der Waals surface area contributed by atoms with E-state index in [2.05, 4.69) is 425 Å². The van der Waals surface area contributed by atoms with Crippen LogP contribution in [0, 0.1) is 35.5 Å². The molecule has 6 heterocycles. The minimum absolute atomic E-state index is 0.514. The average Bonchev–Trinajstić information content (AvgIpc) is 1.60. The number of anilines is 3. The molecule has 0 saturated heterocycles. The number of hydrogen-bond donors (Lipinski definition) is 0. The summed E-state index contributed by atoms with van der Waals surface area (Å²) in [5.41, 5.74) is 35.1. The van der Waals surface area contributed by atoms with E-state index in [1.165, 1.54) is 198 Å². The molecule has 0 aliphatic carbocycles. The molecule has 0 amide bonds. The van der Waals surface area contributed by atoms with Crippen molar-refractivity contribution in [2.75, 3.05) is 4.90 Å². The van der Waals surface area contributed by atoms with Crippen molar-refractivity contribution in [1.82, 2.24) is 27.4 Å². The van der Waals surface area contributed by atoms with Gasteiger partial charge in [-0.15, -0.1) is 0 Å². The molecule has 7 heteroatoms. The van der Waals surface area contributed by atoms with Gasteiger partial charge in [0.1, 0.15) is 0 Å². The van der Waals surface area contributed by atoms with Crippen molar-refractivity contribution in [2.45, 2.75) is 180 Å². The van der Waals surface area contributed by atoms with E-state index in [9.17, 15) is 0 Å². The van der Waals surface area contributed by atoms with Gasteiger partial charge in [0.2, 0.25) is 0 Å². The number of aromatic nitrogens is 6. The van der Waals surface area contributed by atoms with E-state index in [1.807, 2.05) is 0 Å². The van der Waals surface area contributed by atoms with E-state index in [0.717, 1.165) is 114 Å². The molecule has 650 valence electrons. The molecule has 0 spiro atoms. The van der Waals surface area contributed by atoms with Crippen LogP contribution in [0.5, 0.6) is 0 Å². The number of aryl methyl sites for hydroxylation is 6. The topological polar surface area (TPSA) is 32.8 Å². The molecule has 0 fully saturated rings. The summed E-state index contributed by atoms with van der Waals surface area (Å²) in [4.78, 5) is 2.47. The first kappa shape index (κ1) is 83.8. The number of para-hydroxylation sites is 3. The second-order valence-corrected chi connectivity index (χ2v) is 40.4. The number of hydrogen-bond acceptors (Lipinski definition) is 1. The minimum Gasteiger partial charge on any atom is -0.340 e. The maximum Gasteiger partial charge on any atom is 0.0491 e. The monoisotopic (exact) mass is 1700 g/mol. The SMILES string of the molecule is CC(C)Cn1c2ccccc2c2cc(-c3ccc4c(c3)c3cc(CCCc5ccc(N(c6ccc(CCCc7ccc8c(c7)c7cc(-c9ccc%10c(c9)c9ccccc9n%10CC(C)C)ccc7n8CC(C)C)cc6)c6ccc(CCCc7ccc8c(c7)c7cc(-c9ccc%10c(c9)c9ccccc9n%10CC(C)C)ccc7n8CC(C)C)cc6)cc5)ccc3n4CC(C)C)ccc21. The first-order valence-electron chi connectivity index (χ1n) is 48.6. The van der Waals surface area contributed by atoms with Gasteiger partial charge in [-0.3, -0.25) is 0 Å². The van der Waals surface area contributed by atoms with Crippen LogP contribution in [0.4, 0.5) is 17.1 Å². The summed E-state index contributed by atoms with van der Waals surface area (Å²) in [7, 11) is 0. The fourth-order valence-corrected chi connectivity index (χ4v) is 21.9. The van der Waals surface area contributed by atoms with Crippen LogP contribution in [0.1, 0.15) is 136 Å². The Hall–Kier alpha value is -13.1. The van der Waals surface area contributed by atoms with Gasteiger partial charge in [-0.1, -0.05) is 229 Å². The molecule has 21 aromatic rings. The molecule has 0 bridgehead atoms. The largest absolute Gasteiger partial charge is 0.340 e. The molecule has 0 unspecified atom stereocenters. The predicted molar refractivity (Wildman–Crippen MR) is 560 cm³/mol. The standard InChI is InChI=1S/C123H123N7/c1-79(2)73-124-112-31-16-13-28-100(112)106-67-91(43-58-118(106)124)94-46-61-121-109(70-94)103-64-88(40-55-115(103)127(121)76-82(7)8)25-19-22-85-34-49-97(50-35-85)130(98-51-36-86(37-52-98)23-20-26-89-41-56-116-104(65-89)110-71-95(47-62-122(110)128(116)77-83(9)10)92-44-59-119-107(68-92)101-29-14-17-32-113(101)125(119)74-80(3)4)99-53-38-87(39-54-99)24-21-27-90-42-57-117-105(66-90)111-72-96(48-63-123(111)129(117)78-84(11)12)93-45-60-120-108(69-93)102-30-15-18-33-114(102)126(120)75-81(5)6/h13-18,28-72,79-84H,19-27,73-78H2,1-12H3. The van der Waals surface area contributed by atoms with Crippen LogP contribution < -0.4 is 4.90 Å². The second-order valence-electron chi connectivity index (χ2n) is 40.4. The third-order valence-corrected chi connectivity index (χ3v) is 27.8. The molecule has 7 nitrogen and oxygen atoms in total. The van der Waals surface area contributed by atoms with E-state index >= 15 is 0 Å². The molecule has 0 N–H and O–H groups in total. The highest BCUT2D eigenvalue weighted by Crippen LogP contribution is 2.44. The van der Waals surface area contributed by atoms with Crippen molar-refractivity contribution in [3.8, 4) is 33.4 Å². The summed E-state index contributed by atoms with van der Waals surface area (Å²) in [6.07, 6.45) is 9.19. The lowest BCUT2D eigenvalue weighted by Crippen LogP contribution is -2.10. The molecule has 0 aliphatic rings. The zero-order valence-corrected chi connectivity index (χ0v) is 78.1. The highest BCUT2D eigenvalue weighted by molar-refractivity contribution is 6.16. The Labute approximate surface area is 766 Å². The lowest BCUT2D eigenvalue weighted by Gasteiger charge is -2.26. The van der Waals surface area contributed by atoms with Gasteiger partial charge in [0.05, 0.1) is 0 Å². The summed E-state index contributed by atoms with van der Waals surface area (Å²) in [6, 6.07) is 120. The molecule has 0 saturated carbocycles. The number of fused-ring (bicyclic) bond motifs is 18. The molecular formula is C123H123N7. The smallest absolute Gasteiger partial charge is 0.0491 e. The lowest BCUT2D eigenvalue weighted by molar-refractivity contribution is 0.545. The summed E-state index contributed by atoms with van der Waals surface area (Å²) in [6.45, 7) is 33.9. The quantitative estimate of drug-likeness (QED) is 0.0442. The fraction of sp³-hybridized carbons (Fsp3) is 0.268. The third kappa shape index (κ3) is 16.0. The van der Waals surface area contributed by atoms with Crippen molar-refractivity contribution in [1.29, 1.82) is 0 Å². The van der Waals surface area contributed by atoms with E-state index in [-0.39, 0.29) is 0 Å². The number of nitrogens with zero attached hydrogens (tertiary/aromatic N) is 7. The number of rotatable bonds is 30. The molecule has 15 aromatic carbocycles. The molecule has 0 atom stereocenters. The lowest BCUT2D eigenvalue weighted by atomic mass is 9.99. The zero-order chi connectivity index (χ0) is 88.7. The van der Waals surface area contributed by atoms with E-state index in [0.29, 0.717) is 35.5 Å². The first-order valence-corrected chi connectivity index (χ1v) is 48.6. The van der Waals surface area contributed by atoms with E-state index < -0.39 is 0 Å². The average molecular weight is 1700 g/mol. The van der Waals surface area contributed by atoms with Gasteiger partial charge in [-0.05, 0) is 324 Å². The van der Waals surface area contributed by atoms with Crippen molar-refractivity contribution in [2.24, 2.45) is 35.5 Å². The Morgan fingerprint density at radius 1 is 0.169 bits per heavy atom. The first-order chi connectivity index (χ1) is 63.3. The predicted octanol–water partition coefficient (Wildman–Crippen LogP) is 33.3. The van der Waals surface area contributed by atoms with Gasteiger partial charge >= 0.3 is 0 Å². The maximum atomic E-state index is 2.57. The van der Waals surface area contributed by atoms with Crippen LogP contribution in [0.25, 0.3) is 164 Å². The van der Waals surface area contributed by atoms with E-state index in [4.69, 9.17) is 0 Å². The van der Waals surface area contributed by atoms with Gasteiger partial charge in [0.25, 0.3) is 0 Å². The summed E-state index contributed by atoms with van der Waals surface area (Å²) in [5, 5.41) is 16.0. The molecule has 6 aromatic heterocycles. The van der Waals surface area contributed by atoms with Crippen LogP contribution in [0.2, 0.25) is 0 Å². The maximum absolute atomic E-state index is 2.57. The molecule has 130 heavy (non-hydrogen) atoms. The summed E-state index contributed by atoms with van der Waals surface area (Å²) < 4.78 is 15.3. The normalized spacial score (nSPS) is 12.4. The van der Waals surface area contributed by atoms with Crippen LogP contribution in [-0.2, 0) is 77.8 Å². The molecule has 0 aliphatic heterocycles. The van der Waals surface area contributed by atoms with Crippen LogP contribution >= 0.6 is 0 Å². The van der Waals surface area contributed by atoms with Gasteiger partial charge in [0.15, 0.2) is 0 Å². The van der Waals surface area contributed by atoms with Gasteiger partial charge in [-0.2, -0.15) is 0 Å². The van der Waals surface area contributed by atoms with Gasteiger partial charge in [-0.25, -0.2) is 0 Å². The fourth-order valence-electron chi connectivity index (χ4n) is 21.9. The van der Waals surface area contributed by atoms with Crippen LogP contribution in [0.3, 0.4) is 0 Å². The molecule has 0 radical (unpaired) electrons. The number of benzene rings is 15.